The van der Waals surface area contributed by atoms with Crippen LogP contribution >= 0.6 is 11.6 Å². The molecule has 4 heteroatoms. The van der Waals surface area contributed by atoms with Crippen molar-refractivity contribution in [3.63, 3.8) is 0 Å². The van der Waals surface area contributed by atoms with E-state index in [4.69, 9.17) is 11.6 Å². The van der Waals surface area contributed by atoms with Crippen LogP contribution in [0.4, 0.5) is 5.69 Å². The summed E-state index contributed by atoms with van der Waals surface area (Å²) >= 11 is 5.95. The summed E-state index contributed by atoms with van der Waals surface area (Å²) < 4.78 is 2.40. The number of hydrogen-bond acceptors (Lipinski definition) is 1. The molecule has 0 radical (unpaired) electrons. The van der Waals surface area contributed by atoms with Gasteiger partial charge in [-0.05, 0) is 68.5 Å². The van der Waals surface area contributed by atoms with Gasteiger partial charge >= 0.3 is 0 Å². The van der Waals surface area contributed by atoms with Crippen molar-refractivity contribution in [2.75, 3.05) is 23.9 Å². The fourth-order valence-corrected chi connectivity index (χ4v) is 4.93. The van der Waals surface area contributed by atoms with Gasteiger partial charge in [-0.15, -0.1) is 11.6 Å². The molecule has 0 bridgehead atoms. The number of benzene rings is 2. The van der Waals surface area contributed by atoms with Crippen molar-refractivity contribution in [1.29, 1.82) is 0 Å². The molecule has 0 atom stereocenters. The molecule has 3 aromatic rings. The number of rotatable bonds is 5. The van der Waals surface area contributed by atoms with Crippen molar-refractivity contribution < 1.29 is 28.5 Å². The highest BCUT2D eigenvalue weighted by Gasteiger charge is 2.27. The molecule has 0 unspecified atom stereocenters. The minimum absolute atomic E-state index is 0. The molecule has 0 amide bonds. The van der Waals surface area contributed by atoms with E-state index in [0.717, 1.165) is 19.5 Å². The Hall–Kier alpha value is -1.59. The molecule has 2 nitrogen and oxygen atoms in total. The third-order valence-corrected chi connectivity index (χ3v) is 6.42. The Morgan fingerprint density at radius 1 is 1.07 bits per heavy atom. The van der Waals surface area contributed by atoms with E-state index in [2.05, 4.69) is 85.0 Å². The number of halogens is 2. The number of aryl methyl sites for hydroxylation is 2. The molecule has 0 fully saturated rings. The van der Waals surface area contributed by atoms with E-state index in [9.17, 15) is 0 Å². The summed E-state index contributed by atoms with van der Waals surface area (Å²) in [6.07, 6.45) is 5.90. The Morgan fingerprint density at radius 2 is 1.80 bits per heavy atom. The van der Waals surface area contributed by atoms with Gasteiger partial charge in [0, 0.05) is 47.2 Å². The lowest BCUT2D eigenvalue weighted by molar-refractivity contribution is -0.648. The normalized spacial score (nSPS) is 14.5. The van der Waals surface area contributed by atoms with E-state index in [0.29, 0.717) is 5.88 Å². The fraction of sp³-hybridized carbons (Fsp3) is 0.346. The standard InChI is InChI=1S/C26H30ClN2.HI/c1-4-29(17-16-27)22-14-12-20(13-15-22)18-21-8-7-10-24-19(2)23-9-5-6-11-25(23)28(3)26(21)24;/h5-6,9,11-15,18H,4,7-8,10,16-17H2,1-3H3;1H/q+1;/p-1. The van der Waals surface area contributed by atoms with Crippen LogP contribution in [0, 0.1) is 6.92 Å². The maximum atomic E-state index is 5.95. The van der Waals surface area contributed by atoms with Gasteiger partial charge in [0.2, 0.25) is 11.2 Å². The molecule has 0 N–H and O–H groups in total. The summed E-state index contributed by atoms with van der Waals surface area (Å²) in [6.45, 7) is 6.32. The zero-order chi connectivity index (χ0) is 20.4. The highest BCUT2D eigenvalue weighted by Crippen LogP contribution is 2.34. The van der Waals surface area contributed by atoms with Gasteiger partial charge in [0.05, 0.1) is 0 Å². The van der Waals surface area contributed by atoms with Crippen molar-refractivity contribution >= 4 is 39.8 Å². The van der Waals surface area contributed by atoms with Crippen molar-refractivity contribution in [3.8, 4) is 0 Å². The van der Waals surface area contributed by atoms with Crippen molar-refractivity contribution in [3.05, 3.63) is 70.9 Å². The smallest absolute Gasteiger partial charge is 0.213 e. The van der Waals surface area contributed by atoms with Crippen molar-refractivity contribution in [2.24, 2.45) is 7.05 Å². The lowest BCUT2D eigenvalue weighted by atomic mass is 9.86. The van der Waals surface area contributed by atoms with Crippen molar-refractivity contribution in [1.82, 2.24) is 0 Å². The largest absolute Gasteiger partial charge is 1.00 e. The minimum Gasteiger partial charge on any atom is -1.00 e. The van der Waals surface area contributed by atoms with Crippen LogP contribution in [0.2, 0.25) is 0 Å². The zero-order valence-electron chi connectivity index (χ0n) is 18.1. The Kier molecular flexibility index (Phi) is 7.81. The molecule has 0 saturated carbocycles. The van der Waals surface area contributed by atoms with Crippen LogP contribution in [0.15, 0.2) is 48.5 Å². The van der Waals surface area contributed by atoms with Crippen LogP contribution in [0.5, 0.6) is 0 Å². The zero-order valence-corrected chi connectivity index (χ0v) is 21.0. The molecule has 1 aliphatic carbocycles. The molecule has 0 aliphatic heterocycles. The quantitative estimate of drug-likeness (QED) is 0.279. The Bertz CT molecular complexity index is 1060. The summed E-state index contributed by atoms with van der Waals surface area (Å²) in [7, 11) is 2.22. The van der Waals surface area contributed by atoms with Gasteiger partial charge in [-0.1, -0.05) is 24.3 Å². The second kappa shape index (κ2) is 10.1. The van der Waals surface area contributed by atoms with Gasteiger partial charge in [-0.2, -0.15) is 4.57 Å². The molecule has 158 valence electrons. The van der Waals surface area contributed by atoms with E-state index in [1.807, 2.05) is 0 Å². The third kappa shape index (κ3) is 4.38. The van der Waals surface area contributed by atoms with Crippen LogP contribution in [-0.4, -0.2) is 19.0 Å². The summed E-state index contributed by atoms with van der Waals surface area (Å²) in [5, 5.41) is 1.37. The maximum Gasteiger partial charge on any atom is 0.213 e. The molecule has 4 rings (SSSR count). The number of nitrogens with zero attached hydrogens (tertiary/aromatic N) is 2. The predicted molar refractivity (Wildman–Crippen MR) is 126 cm³/mol. The first-order valence-electron chi connectivity index (χ1n) is 10.7. The van der Waals surface area contributed by atoms with Gasteiger partial charge < -0.3 is 28.9 Å². The summed E-state index contributed by atoms with van der Waals surface area (Å²) in [4.78, 5) is 2.31. The first kappa shape index (κ1) is 23.1. The van der Waals surface area contributed by atoms with Gasteiger partial charge in [-0.3, -0.25) is 0 Å². The molecule has 30 heavy (non-hydrogen) atoms. The molecular formula is C26H30ClIN2. The number of pyridine rings is 1. The lowest BCUT2D eigenvalue weighted by Crippen LogP contribution is -3.00. The first-order chi connectivity index (χ1) is 14.1. The number of fused-ring (bicyclic) bond motifs is 2. The van der Waals surface area contributed by atoms with Crippen LogP contribution in [0.3, 0.4) is 0 Å². The fourth-order valence-electron chi connectivity index (χ4n) is 4.73. The average Bonchev–Trinajstić information content (AvgIpc) is 2.76. The summed E-state index contributed by atoms with van der Waals surface area (Å²) in [5.74, 6) is 0.653. The molecule has 1 aromatic heterocycles. The van der Waals surface area contributed by atoms with Crippen molar-refractivity contribution in [2.45, 2.75) is 33.1 Å². The van der Waals surface area contributed by atoms with Crippen LogP contribution in [0.25, 0.3) is 22.6 Å². The molecule has 1 aliphatic rings. The number of aromatic nitrogens is 1. The van der Waals surface area contributed by atoms with Crippen LogP contribution in [0.1, 0.15) is 42.1 Å². The number of allylic oxidation sites excluding steroid dienone is 1. The first-order valence-corrected chi connectivity index (χ1v) is 11.2. The maximum absolute atomic E-state index is 5.95. The Labute approximate surface area is 202 Å². The second-order valence-electron chi connectivity index (χ2n) is 7.91. The molecule has 0 spiro atoms. The van der Waals surface area contributed by atoms with E-state index in [1.54, 1.807) is 0 Å². The second-order valence-corrected chi connectivity index (χ2v) is 8.29. The van der Waals surface area contributed by atoms with Gasteiger partial charge in [0.25, 0.3) is 0 Å². The molecule has 0 saturated heterocycles. The highest BCUT2D eigenvalue weighted by atomic mass is 127. The molecule has 1 heterocycles. The number of para-hydroxylation sites is 1. The van der Waals surface area contributed by atoms with Gasteiger partial charge in [0.15, 0.2) is 0 Å². The predicted octanol–water partition coefficient (Wildman–Crippen LogP) is 2.92. The van der Waals surface area contributed by atoms with E-state index < -0.39 is 0 Å². The highest BCUT2D eigenvalue weighted by molar-refractivity contribution is 6.18. The Balaban J connectivity index is 0.00000256. The molecule has 2 aromatic carbocycles. The minimum atomic E-state index is 0. The van der Waals surface area contributed by atoms with E-state index >= 15 is 0 Å². The number of alkyl halides is 1. The van der Waals surface area contributed by atoms with Crippen LogP contribution < -0.4 is 33.4 Å². The number of anilines is 1. The SMILES string of the molecule is CCN(CCCl)c1ccc(/C=C2\CCCc3c(C)c4ccccc4[n+](C)c32)cc1.[I-]. The lowest BCUT2D eigenvalue weighted by Gasteiger charge is -2.22. The third-order valence-electron chi connectivity index (χ3n) is 6.26. The van der Waals surface area contributed by atoms with Crippen LogP contribution in [-0.2, 0) is 13.5 Å². The van der Waals surface area contributed by atoms with Gasteiger partial charge in [-0.25, -0.2) is 0 Å². The van der Waals surface area contributed by atoms with E-state index in [-0.39, 0.29) is 24.0 Å². The average molecular weight is 533 g/mol. The summed E-state index contributed by atoms with van der Waals surface area (Å²) in [5.41, 5.74) is 9.63. The van der Waals surface area contributed by atoms with Gasteiger partial charge in [0.1, 0.15) is 7.05 Å². The number of hydrogen-bond donors (Lipinski definition) is 0. The Morgan fingerprint density at radius 3 is 2.50 bits per heavy atom. The van der Waals surface area contributed by atoms with E-state index in [1.165, 1.54) is 57.4 Å². The summed E-state index contributed by atoms with van der Waals surface area (Å²) in [6, 6.07) is 17.7. The monoisotopic (exact) mass is 532 g/mol. The topological polar surface area (TPSA) is 7.12 Å². The molecular weight excluding hydrogens is 503 g/mol.